The van der Waals surface area contributed by atoms with Gasteiger partial charge in [0.1, 0.15) is 0 Å². The lowest BCUT2D eigenvalue weighted by Gasteiger charge is -2.10. The van der Waals surface area contributed by atoms with E-state index in [4.69, 9.17) is 22.5 Å². The fourth-order valence-electron chi connectivity index (χ4n) is 2.26. The number of thiocarbonyl (C=S) groups is 1. The maximum Gasteiger partial charge on any atom is 0.231 e. The maximum absolute atomic E-state index is 5.41. The predicted molar refractivity (Wildman–Crippen MR) is 89.4 cm³/mol. The van der Waals surface area contributed by atoms with E-state index in [0.717, 1.165) is 12.1 Å². The van der Waals surface area contributed by atoms with E-state index in [1.807, 2.05) is 6.07 Å². The minimum Gasteiger partial charge on any atom is -0.376 e. The van der Waals surface area contributed by atoms with Crippen LogP contribution in [-0.4, -0.2) is 10.3 Å². The molecule has 0 bridgehead atoms. The van der Waals surface area contributed by atoms with Crippen LogP contribution in [0.4, 0.5) is 5.88 Å². The van der Waals surface area contributed by atoms with Crippen molar-refractivity contribution in [1.82, 2.24) is 5.16 Å². The topological polar surface area (TPSA) is 64.1 Å². The third kappa shape index (κ3) is 4.29. The summed E-state index contributed by atoms with van der Waals surface area (Å²) >= 11 is 4.77. The molecule has 3 N–H and O–H groups in total. The monoisotopic (exact) mass is 303 g/mol. The lowest BCUT2D eigenvalue weighted by Crippen LogP contribution is -2.18. The summed E-state index contributed by atoms with van der Waals surface area (Å²) in [7, 11) is 0. The largest absolute Gasteiger partial charge is 0.376 e. The average Bonchev–Trinajstić information content (AvgIpc) is 2.85. The Morgan fingerprint density at radius 2 is 1.95 bits per heavy atom. The Hall–Kier alpha value is -1.88. The van der Waals surface area contributed by atoms with Gasteiger partial charge >= 0.3 is 0 Å². The highest BCUT2D eigenvalue weighted by molar-refractivity contribution is 7.80. The molecular formula is C16H21N3OS. The number of nitrogens with zero attached hydrogens (tertiary/aromatic N) is 1. The Bertz CT molecular complexity index is 604. The van der Waals surface area contributed by atoms with Crippen LogP contribution in [-0.2, 0) is 6.42 Å². The Morgan fingerprint density at radius 3 is 2.52 bits per heavy atom. The van der Waals surface area contributed by atoms with E-state index in [9.17, 15) is 0 Å². The lowest BCUT2D eigenvalue weighted by atomic mass is 9.95. The van der Waals surface area contributed by atoms with Crippen LogP contribution in [0.25, 0.3) is 0 Å². The molecule has 0 amide bonds. The molecule has 0 radical (unpaired) electrons. The van der Waals surface area contributed by atoms with E-state index in [1.165, 1.54) is 11.1 Å². The second-order valence-corrected chi connectivity index (χ2v) is 6.11. The van der Waals surface area contributed by atoms with Crippen LogP contribution in [0.1, 0.15) is 43.5 Å². The molecule has 5 heteroatoms. The van der Waals surface area contributed by atoms with Crippen molar-refractivity contribution in [2.75, 3.05) is 5.32 Å². The molecule has 0 aliphatic carbocycles. The number of benzene rings is 1. The maximum atomic E-state index is 5.41. The molecule has 1 aromatic heterocycles. The van der Waals surface area contributed by atoms with Gasteiger partial charge in [-0.25, -0.2) is 0 Å². The third-order valence-electron chi connectivity index (χ3n) is 3.34. The fourth-order valence-corrected chi connectivity index (χ4v) is 2.36. The van der Waals surface area contributed by atoms with Crippen LogP contribution in [0.15, 0.2) is 34.9 Å². The number of aromatic nitrogens is 1. The zero-order valence-corrected chi connectivity index (χ0v) is 13.4. The van der Waals surface area contributed by atoms with Crippen LogP contribution in [0.5, 0.6) is 0 Å². The Kier molecular flexibility index (Phi) is 4.96. The zero-order chi connectivity index (χ0) is 15.4. The summed E-state index contributed by atoms with van der Waals surface area (Å²) in [5.41, 5.74) is 8.83. The van der Waals surface area contributed by atoms with Crippen molar-refractivity contribution in [1.29, 1.82) is 0 Å². The molecule has 0 spiro atoms. The SMILES string of the molecule is CC(C)Cc1ccc(C(C)c2cc(NC(N)=S)on2)cc1. The van der Waals surface area contributed by atoms with E-state index >= 15 is 0 Å². The van der Waals surface area contributed by atoms with E-state index in [2.05, 4.69) is 55.5 Å². The number of hydrogen-bond donors (Lipinski definition) is 2. The molecule has 0 fully saturated rings. The second-order valence-electron chi connectivity index (χ2n) is 5.67. The van der Waals surface area contributed by atoms with E-state index < -0.39 is 0 Å². The Labute approximate surface area is 130 Å². The van der Waals surface area contributed by atoms with Crippen molar-refractivity contribution in [2.45, 2.75) is 33.1 Å². The molecule has 0 aliphatic heterocycles. The number of anilines is 1. The molecule has 0 aliphatic rings. The first-order valence-corrected chi connectivity index (χ1v) is 7.48. The van der Waals surface area contributed by atoms with Crippen molar-refractivity contribution < 1.29 is 4.52 Å². The van der Waals surface area contributed by atoms with Crippen LogP contribution in [0.3, 0.4) is 0 Å². The van der Waals surface area contributed by atoms with Gasteiger partial charge in [0.05, 0.1) is 5.69 Å². The van der Waals surface area contributed by atoms with Crippen LogP contribution < -0.4 is 11.1 Å². The first-order chi connectivity index (χ1) is 9.95. The molecule has 112 valence electrons. The molecule has 1 heterocycles. The van der Waals surface area contributed by atoms with Crippen molar-refractivity contribution in [3.05, 3.63) is 47.2 Å². The van der Waals surface area contributed by atoms with Gasteiger partial charge in [-0.3, -0.25) is 0 Å². The molecule has 21 heavy (non-hydrogen) atoms. The second kappa shape index (κ2) is 6.72. The van der Waals surface area contributed by atoms with Gasteiger partial charge in [-0.15, -0.1) is 0 Å². The summed E-state index contributed by atoms with van der Waals surface area (Å²) in [5.74, 6) is 1.29. The van der Waals surface area contributed by atoms with Crippen molar-refractivity contribution in [2.24, 2.45) is 11.7 Å². The predicted octanol–water partition coefficient (Wildman–Crippen LogP) is 3.68. The minimum atomic E-state index is 0.156. The Balaban J connectivity index is 2.10. The molecule has 1 aromatic carbocycles. The summed E-state index contributed by atoms with van der Waals surface area (Å²) in [6, 6.07) is 10.5. The highest BCUT2D eigenvalue weighted by atomic mass is 32.1. The van der Waals surface area contributed by atoms with E-state index in [0.29, 0.717) is 11.8 Å². The smallest absolute Gasteiger partial charge is 0.231 e. The summed E-state index contributed by atoms with van der Waals surface area (Å²) in [5, 5.41) is 6.98. The molecule has 1 atom stereocenters. The summed E-state index contributed by atoms with van der Waals surface area (Å²) in [6.45, 7) is 6.55. The quantitative estimate of drug-likeness (QED) is 0.825. The average molecular weight is 303 g/mol. The van der Waals surface area contributed by atoms with E-state index in [-0.39, 0.29) is 11.0 Å². The third-order valence-corrected chi connectivity index (χ3v) is 3.44. The normalized spacial score (nSPS) is 12.4. The van der Waals surface area contributed by atoms with Gasteiger partial charge in [0.15, 0.2) is 5.11 Å². The van der Waals surface area contributed by atoms with Gasteiger partial charge in [0.25, 0.3) is 0 Å². The molecule has 0 saturated carbocycles. The van der Waals surface area contributed by atoms with E-state index in [1.54, 1.807) is 0 Å². The molecule has 0 saturated heterocycles. The minimum absolute atomic E-state index is 0.156. The summed E-state index contributed by atoms with van der Waals surface area (Å²) in [4.78, 5) is 0. The van der Waals surface area contributed by atoms with Crippen molar-refractivity contribution in [3.8, 4) is 0 Å². The number of nitrogens with two attached hydrogens (primary N) is 1. The van der Waals surface area contributed by atoms with Gasteiger partial charge in [-0.2, -0.15) is 0 Å². The molecule has 1 unspecified atom stereocenters. The van der Waals surface area contributed by atoms with Gasteiger partial charge in [-0.05, 0) is 35.7 Å². The molecular weight excluding hydrogens is 282 g/mol. The van der Waals surface area contributed by atoms with Crippen molar-refractivity contribution >= 4 is 23.2 Å². The van der Waals surface area contributed by atoms with Gasteiger partial charge in [0, 0.05) is 12.0 Å². The lowest BCUT2D eigenvalue weighted by molar-refractivity contribution is 0.424. The first-order valence-electron chi connectivity index (χ1n) is 7.07. The first kappa shape index (κ1) is 15.5. The van der Waals surface area contributed by atoms with Crippen LogP contribution in [0, 0.1) is 5.92 Å². The van der Waals surface area contributed by atoms with Crippen LogP contribution >= 0.6 is 12.2 Å². The highest BCUT2D eigenvalue weighted by Crippen LogP contribution is 2.25. The Morgan fingerprint density at radius 1 is 1.29 bits per heavy atom. The molecule has 2 rings (SSSR count). The summed E-state index contributed by atoms with van der Waals surface area (Å²) < 4.78 is 5.17. The van der Waals surface area contributed by atoms with Gasteiger partial charge in [0.2, 0.25) is 5.88 Å². The van der Waals surface area contributed by atoms with Crippen molar-refractivity contribution in [3.63, 3.8) is 0 Å². The number of nitrogens with one attached hydrogen (secondary N) is 1. The number of hydrogen-bond acceptors (Lipinski definition) is 3. The molecule has 2 aromatic rings. The van der Waals surface area contributed by atoms with Gasteiger partial charge in [-0.1, -0.05) is 50.2 Å². The van der Waals surface area contributed by atoms with Crippen LogP contribution in [0.2, 0.25) is 0 Å². The fraction of sp³-hybridized carbons (Fsp3) is 0.375. The zero-order valence-electron chi connectivity index (χ0n) is 12.6. The summed E-state index contributed by atoms with van der Waals surface area (Å²) in [6.07, 6.45) is 1.10. The van der Waals surface area contributed by atoms with Gasteiger partial charge < -0.3 is 15.6 Å². The standard InChI is InChI=1S/C16H21N3OS/c1-10(2)8-12-4-6-13(7-5-12)11(3)14-9-15(20-19-14)18-16(17)21/h4-7,9-11H,8H2,1-3H3,(H3,17,18,21). The molecule has 4 nitrogen and oxygen atoms in total. The number of rotatable bonds is 5. The highest BCUT2D eigenvalue weighted by Gasteiger charge is 2.14.